The quantitative estimate of drug-likeness (QED) is 0.386. The Balaban J connectivity index is 0.00000242. The maximum atomic E-state index is 5.68. The highest BCUT2D eigenvalue weighted by molar-refractivity contribution is 14.0. The van der Waals surface area contributed by atoms with Gasteiger partial charge in [-0.2, -0.15) is 0 Å². The summed E-state index contributed by atoms with van der Waals surface area (Å²) in [5, 5.41) is 3.34. The van der Waals surface area contributed by atoms with Crippen molar-refractivity contribution in [1.29, 1.82) is 0 Å². The molecule has 2 rings (SSSR count). The second-order valence-electron chi connectivity index (χ2n) is 5.16. The maximum absolute atomic E-state index is 5.68. The van der Waals surface area contributed by atoms with Crippen LogP contribution in [0, 0.1) is 0 Å². The van der Waals surface area contributed by atoms with Crippen LogP contribution in [-0.4, -0.2) is 89.4 Å². The van der Waals surface area contributed by atoms with Gasteiger partial charge < -0.3 is 29.2 Å². The molecule has 2 aliphatic heterocycles. The van der Waals surface area contributed by atoms with E-state index in [1.54, 1.807) is 7.11 Å². The van der Waals surface area contributed by atoms with Gasteiger partial charge in [-0.15, -0.1) is 24.0 Å². The van der Waals surface area contributed by atoms with Gasteiger partial charge in [-0.05, 0) is 6.92 Å². The molecule has 8 heteroatoms. The van der Waals surface area contributed by atoms with E-state index < -0.39 is 0 Å². The fraction of sp³-hybridized carbons (Fsp3) is 0.929. The Morgan fingerprint density at radius 1 is 1.27 bits per heavy atom. The largest absolute Gasteiger partial charge is 0.382 e. The number of nitrogens with one attached hydrogen (secondary N) is 1. The highest BCUT2D eigenvalue weighted by Gasteiger charge is 2.23. The molecule has 2 atom stereocenters. The first-order valence-corrected chi connectivity index (χ1v) is 7.66. The van der Waals surface area contributed by atoms with Crippen LogP contribution in [0.1, 0.15) is 6.92 Å². The van der Waals surface area contributed by atoms with E-state index in [1.807, 2.05) is 0 Å². The average molecular weight is 429 g/mol. The van der Waals surface area contributed by atoms with Crippen molar-refractivity contribution in [3.8, 4) is 0 Å². The highest BCUT2D eigenvalue weighted by atomic mass is 127. The van der Waals surface area contributed by atoms with Gasteiger partial charge in [0.1, 0.15) is 6.10 Å². The van der Waals surface area contributed by atoms with Crippen molar-refractivity contribution < 1.29 is 18.9 Å². The van der Waals surface area contributed by atoms with Crippen LogP contribution in [0.4, 0.5) is 0 Å². The molecule has 0 saturated carbocycles. The monoisotopic (exact) mass is 429 g/mol. The van der Waals surface area contributed by atoms with E-state index in [0.717, 1.165) is 25.6 Å². The van der Waals surface area contributed by atoms with Crippen LogP contribution in [0.3, 0.4) is 0 Å². The van der Waals surface area contributed by atoms with Gasteiger partial charge >= 0.3 is 0 Å². The van der Waals surface area contributed by atoms with Gasteiger partial charge in [-0.3, -0.25) is 4.99 Å². The minimum absolute atomic E-state index is 0. The summed E-state index contributed by atoms with van der Waals surface area (Å²) in [5.74, 6) is 0.913. The highest BCUT2D eigenvalue weighted by Crippen LogP contribution is 2.07. The number of ether oxygens (including phenoxy) is 4. The minimum atomic E-state index is 0. The molecule has 130 valence electrons. The van der Waals surface area contributed by atoms with Gasteiger partial charge in [-0.1, -0.05) is 0 Å². The van der Waals surface area contributed by atoms with Crippen molar-refractivity contribution in [2.24, 2.45) is 4.99 Å². The van der Waals surface area contributed by atoms with Crippen LogP contribution >= 0.6 is 24.0 Å². The van der Waals surface area contributed by atoms with Gasteiger partial charge in [0.05, 0.1) is 45.7 Å². The van der Waals surface area contributed by atoms with E-state index >= 15 is 0 Å². The van der Waals surface area contributed by atoms with Crippen LogP contribution in [0.5, 0.6) is 0 Å². The van der Waals surface area contributed by atoms with Crippen LogP contribution in [-0.2, 0) is 18.9 Å². The molecule has 2 unspecified atom stereocenters. The third-order valence-electron chi connectivity index (χ3n) is 3.46. The van der Waals surface area contributed by atoms with Gasteiger partial charge in [0.15, 0.2) is 5.96 Å². The number of guanidine groups is 1. The molecule has 0 radical (unpaired) electrons. The summed E-state index contributed by atoms with van der Waals surface area (Å²) in [4.78, 5) is 6.91. The average Bonchev–Trinajstić information content (AvgIpc) is 2.53. The number of aliphatic imine (C=N–C) groups is 1. The summed E-state index contributed by atoms with van der Waals surface area (Å²) < 4.78 is 21.9. The van der Waals surface area contributed by atoms with Crippen molar-refractivity contribution in [2.45, 2.75) is 19.1 Å². The van der Waals surface area contributed by atoms with Gasteiger partial charge in [-0.25, -0.2) is 0 Å². The first-order valence-electron chi connectivity index (χ1n) is 7.66. The summed E-state index contributed by atoms with van der Waals surface area (Å²) in [6.07, 6.45) is 0.157. The number of halogens is 1. The normalized spacial score (nSPS) is 26.5. The molecule has 22 heavy (non-hydrogen) atoms. The Morgan fingerprint density at radius 3 is 2.77 bits per heavy atom. The lowest BCUT2D eigenvalue weighted by molar-refractivity contribution is -0.0834. The number of rotatable bonds is 5. The Bertz CT molecular complexity index is 325. The maximum Gasteiger partial charge on any atom is 0.194 e. The van der Waals surface area contributed by atoms with E-state index in [4.69, 9.17) is 18.9 Å². The molecule has 0 aliphatic carbocycles. The number of nitrogens with zero attached hydrogens (tertiary/aromatic N) is 2. The first kappa shape index (κ1) is 19.9. The van der Waals surface area contributed by atoms with E-state index in [0.29, 0.717) is 39.6 Å². The Kier molecular flexibility index (Phi) is 10.3. The molecule has 2 heterocycles. The molecule has 0 aromatic heterocycles. The summed E-state index contributed by atoms with van der Waals surface area (Å²) in [5.41, 5.74) is 0. The molecule has 2 saturated heterocycles. The molecule has 2 fully saturated rings. The molecule has 1 N–H and O–H groups in total. The lowest BCUT2D eigenvalue weighted by Crippen LogP contribution is -2.51. The lowest BCUT2D eigenvalue weighted by atomic mass is 10.3. The van der Waals surface area contributed by atoms with Gasteiger partial charge in [0, 0.05) is 26.7 Å². The zero-order valence-electron chi connectivity index (χ0n) is 13.5. The molecule has 0 aromatic carbocycles. The molecular formula is C14H28IN3O4. The van der Waals surface area contributed by atoms with E-state index in [1.165, 1.54) is 0 Å². The fourth-order valence-corrected chi connectivity index (χ4v) is 2.45. The SMILES string of the molecule is CCNC(=NCC1COCCO1)N1CCOC(COC)C1.I. The van der Waals surface area contributed by atoms with Crippen LogP contribution in [0.15, 0.2) is 4.99 Å². The van der Waals surface area contributed by atoms with Crippen LogP contribution in [0.2, 0.25) is 0 Å². The zero-order chi connectivity index (χ0) is 14.9. The van der Waals surface area contributed by atoms with Gasteiger partial charge in [0.25, 0.3) is 0 Å². The predicted octanol–water partition coefficient (Wildman–Crippen LogP) is 0.333. The zero-order valence-corrected chi connectivity index (χ0v) is 15.8. The summed E-state index contributed by atoms with van der Waals surface area (Å²) in [7, 11) is 1.70. The third-order valence-corrected chi connectivity index (χ3v) is 3.46. The van der Waals surface area contributed by atoms with E-state index in [2.05, 4.69) is 22.1 Å². The summed E-state index contributed by atoms with van der Waals surface area (Å²) in [6.45, 7) is 8.43. The van der Waals surface area contributed by atoms with Gasteiger partial charge in [0.2, 0.25) is 0 Å². The van der Waals surface area contributed by atoms with Crippen molar-refractivity contribution >= 4 is 29.9 Å². The molecular weight excluding hydrogens is 401 g/mol. The predicted molar refractivity (Wildman–Crippen MR) is 95.1 cm³/mol. The minimum Gasteiger partial charge on any atom is -0.382 e. The number of hydrogen-bond acceptors (Lipinski definition) is 5. The second kappa shape index (κ2) is 11.4. The van der Waals surface area contributed by atoms with Crippen molar-refractivity contribution in [2.75, 3.05) is 66.3 Å². The first-order chi connectivity index (χ1) is 10.3. The number of methoxy groups -OCH3 is 1. The van der Waals surface area contributed by atoms with Crippen molar-refractivity contribution in [3.63, 3.8) is 0 Å². The van der Waals surface area contributed by atoms with Crippen molar-refractivity contribution in [1.82, 2.24) is 10.2 Å². The number of morpholine rings is 1. The Hall–Kier alpha value is -0.160. The fourth-order valence-electron chi connectivity index (χ4n) is 2.45. The van der Waals surface area contributed by atoms with E-state index in [-0.39, 0.29) is 36.2 Å². The van der Waals surface area contributed by atoms with Crippen molar-refractivity contribution in [3.05, 3.63) is 0 Å². The molecule has 0 bridgehead atoms. The molecule has 0 spiro atoms. The topological polar surface area (TPSA) is 64.6 Å². The molecule has 2 aliphatic rings. The second-order valence-corrected chi connectivity index (χ2v) is 5.16. The summed E-state index contributed by atoms with van der Waals surface area (Å²) >= 11 is 0. The van der Waals surface area contributed by atoms with Crippen LogP contribution in [0.25, 0.3) is 0 Å². The standard InChI is InChI=1S/C14H27N3O4.HI/c1-3-15-14(16-8-12-11-19-6-7-21-12)17-4-5-20-13(9-17)10-18-2;/h12-13H,3-11H2,1-2H3,(H,15,16);1H. The Labute approximate surface area is 149 Å². The third kappa shape index (κ3) is 6.53. The molecule has 0 amide bonds. The van der Waals surface area contributed by atoms with E-state index in [9.17, 15) is 0 Å². The smallest absolute Gasteiger partial charge is 0.194 e. The Morgan fingerprint density at radius 2 is 2.09 bits per heavy atom. The summed E-state index contributed by atoms with van der Waals surface area (Å²) in [6, 6.07) is 0. The molecule has 7 nitrogen and oxygen atoms in total. The lowest BCUT2D eigenvalue weighted by Gasteiger charge is -2.35. The molecule has 0 aromatic rings. The number of hydrogen-bond donors (Lipinski definition) is 1. The van der Waals surface area contributed by atoms with Crippen LogP contribution < -0.4 is 5.32 Å².